The van der Waals surface area contributed by atoms with E-state index in [2.05, 4.69) is 5.32 Å². The van der Waals surface area contributed by atoms with Crippen molar-refractivity contribution in [1.29, 1.82) is 0 Å². The highest BCUT2D eigenvalue weighted by Gasteiger charge is 2.04. The number of carbonyl (C=O) groups excluding carboxylic acids is 1. The van der Waals surface area contributed by atoms with Gasteiger partial charge in [-0.25, -0.2) is 0 Å². The number of aliphatic hydroxyl groups is 1. The molecule has 1 amide bonds. The van der Waals surface area contributed by atoms with Gasteiger partial charge in [-0.2, -0.15) is 0 Å². The van der Waals surface area contributed by atoms with Crippen molar-refractivity contribution < 1.29 is 9.90 Å². The molecule has 0 radical (unpaired) electrons. The predicted octanol–water partition coefficient (Wildman–Crippen LogP) is 2.41. The van der Waals surface area contributed by atoms with Crippen LogP contribution in [0.1, 0.15) is 26.3 Å². The Morgan fingerprint density at radius 1 is 1.35 bits per heavy atom. The zero-order chi connectivity index (χ0) is 13.3. The fraction of sp³-hybridized carbons (Fsp3) is 0.462. The molecule has 0 fully saturated rings. The SMILES string of the molecule is CC.CC(O)CNC(=O)Cc1ccc(Cl)cc1. The molecule has 0 saturated carbocycles. The summed E-state index contributed by atoms with van der Waals surface area (Å²) >= 11 is 5.72. The van der Waals surface area contributed by atoms with Gasteiger partial charge in [0.1, 0.15) is 0 Å². The van der Waals surface area contributed by atoms with Crippen molar-refractivity contribution in [3.63, 3.8) is 0 Å². The molecule has 1 aromatic carbocycles. The Labute approximate surface area is 108 Å². The zero-order valence-electron chi connectivity index (χ0n) is 10.5. The molecule has 2 N–H and O–H groups in total. The minimum Gasteiger partial charge on any atom is -0.392 e. The highest BCUT2D eigenvalue weighted by atomic mass is 35.5. The number of hydrogen-bond donors (Lipinski definition) is 2. The summed E-state index contributed by atoms with van der Waals surface area (Å²) in [6.07, 6.45) is -0.205. The van der Waals surface area contributed by atoms with Gasteiger partial charge in [-0.05, 0) is 24.6 Å². The Morgan fingerprint density at radius 2 is 1.88 bits per heavy atom. The van der Waals surface area contributed by atoms with Crippen LogP contribution >= 0.6 is 11.6 Å². The fourth-order valence-corrected chi connectivity index (χ4v) is 1.24. The topological polar surface area (TPSA) is 49.3 Å². The summed E-state index contributed by atoms with van der Waals surface area (Å²) in [4.78, 5) is 11.3. The van der Waals surface area contributed by atoms with Crippen molar-refractivity contribution in [2.45, 2.75) is 33.3 Å². The van der Waals surface area contributed by atoms with E-state index < -0.39 is 6.10 Å². The number of hydrogen-bond acceptors (Lipinski definition) is 2. The number of halogens is 1. The largest absolute Gasteiger partial charge is 0.392 e. The highest BCUT2D eigenvalue weighted by Crippen LogP contribution is 2.09. The highest BCUT2D eigenvalue weighted by molar-refractivity contribution is 6.30. The van der Waals surface area contributed by atoms with Crippen LogP contribution in [0.4, 0.5) is 0 Å². The predicted molar refractivity (Wildman–Crippen MR) is 71.2 cm³/mol. The van der Waals surface area contributed by atoms with Gasteiger partial charge in [0.05, 0.1) is 12.5 Å². The molecule has 0 saturated heterocycles. The van der Waals surface area contributed by atoms with Gasteiger partial charge in [0, 0.05) is 11.6 Å². The first-order valence-electron chi connectivity index (χ1n) is 5.77. The quantitative estimate of drug-likeness (QED) is 0.870. The molecule has 17 heavy (non-hydrogen) atoms. The molecule has 0 bridgehead atoms. The first kappa shape index (κ1) is 15.9. The van der Waals surface area contributed by atoms with Crippen molar-refractivity contribution in [3.05, 3.63) is 34.9 Å². The van der Waals surface area contributed by atoms with Crippen LogP contribution in [-0.2, 0) is 11.2 Å². The maximum absolute atomic E-state index is 11.3. The van der Waals surface area contributed by atoms with Crippen LogP contribution in [0.25, 0.3) is 0 Å². The van der Waals surface area contributed by atoms with Crippen LogP contribution < -0.4 is 5.32 Å². The summed E-state index contributed by atoms with van der Waals surface area (Å²) < 4.78 is 0. The summed E-state index contributed by atoms with van der Waals surface area (Å²) in [6, 6.07) is 7.12. The van der Waals surface area contributed by atoms with Crippen LogP contribution in [0, 0.1) is 0 Å². The molecule has 4 heteroatoms. The summed E-state index contributed by atoms with van der Waals surface area (Å²) in [5.41, 5.74) is 0.905. The molecule has 0 heterocycles. The molecule has 1 rings (SSSR count). The molecule has 1 atom stereocenters. The molecule has 3 nitrogen and oxygen atoms in total. The van der Waals surface area contributed by atoms with E-state index in [1.165, 1.54) is 0 Å². The van der Waals surface area contributed by atoms with E-state index in [-0.39, 0.29) is 12.5 Å². The van der Waals surface area contributed by atoms with E-state index in [9.17, 15) is 4.79 Å². The summed E-state index contributed by atoms with van der Waals surface area (Å²) in [6.45, 7) is 5.91. The van der Waals surface area contributed by atoms with Gasteiger partial charge in [-0.15, -0.1) is 0 Å². The first-order valence-corrected chi connectivity index (χ1v) is 6.15. The lowest BCUT2D eigenvalue weighted by atomic mass is 10.1. The van der Waals surface area contributed by atoms with Gasteiger partial charge in [0.25, 0.3) is 0 Å². The van der Waals surface area contributed by atoms with Crippen molar-refractivity contribution >= 4 is 17.5 Å². The van der Waals surface area contributed by atoms with E-state index in [4.69, 9.17) is 16.7 Å². The van der Waals surface area contributed by atoms with Gasteiger partial charge in [0.2, 0.25) is 5.91 Å². The summed E-state index contributed by atoms with van der Waals surface area (Å²) in [5.74, 6) is -0.0989. The second kappa shape index (κ2) is 9.02. The zero-order valence-corrected chi connectivity index (χ0v) is 11.3. The number of aliphatic hydroxyl groups excluding tert-OH is 1. The van der Waals surface area contributed by atoms with Crippen LogP contribution in [0.5, 0.6) is 0 Å². The average molecular weight is 258 g/mol. The maximum Gasteiger partial charge on any atom is 0.224 e. The number of rotatable bonds is 4. The third kappa shape index (κ3) is 7.77. The molecule has 96 valence electrons. The number of amides is 1. The first-order chi connectivity index (χ1) is 8.08. The smallest absolute Gasteiger partial charge is 0.224 e. The standard InChI is InChI=1S/C11H14ClNO2.C2H6/c1-8(14)7-13-11(15)6-9-2-4-10(12)5-3-9;1-2/h2-5,8,14H,6-7H2,1H3,(H,13,15);1-2H3. The molecule has 1 aromatic rings. The van der Waals surface area contributed by atoms with Gasteiger partial charge in [-0.1, -0.05) is 37.6 Å². The van der Waals surface area contributed by atoms with E-state index in [1.54, 1.807) is 19.1 Å². The molecule has 0 aromatic heterocycles. The lowest BCUT2D eigenvalue weighted by Crippen LogP contribution is -2.31. The molecule has 0 aliphatic rings. The maximum atomic E-state index is 11.3. The van der Waals surface area contributed by atoms with Gasteiger partial charge >= 0.3 is 0 Å². The molecule has 1 unspecified atom stereocenters. The third-order valence-electron chi connectivity index (χ3n) is 1.87. The molecular weight excluding hydrogens is 238 g/mol. The summed E-state index contributed by atoms with van der Waals surface area (Å²) in [5, 5.41) is 12.3. The Hall–Kier alpha value is -1.06. The molecule has 0 aliphatic carbocycles. The third-order valence-corrected chi connectivity index (χ3v) is 2.12. The number of nitrogens with one attached hydrogen (secondary N) is 1. The van der Waals surface area contributed by atoms with Crippen molar-refractivity contribution in [3.8, 4) is 0 Å². The molecule has 0 spiro atoms. The molecule has 0 aliphatic heterocycles. The molecular formula is C13H20ClNO2. The normalized spacial score (nSPS) is 11.1. The van der Waals surface area contributed by atoms with E-state index in [0.29, 0.717) is 11.4 Å². The van der Waals surface area contributed by atoms with Crippen molar-refractivity contribution in [2.24, 2.45) is 0 Å². The van der Waals surface area contributed by atoms with Gasteiger partial charge < -0.3 is 10.4 Å². The van der Waals surface area contributed by atoms with E-state index in [1.807, 2.05) is 26.0 Å². The average Bonchev–Trinajstić information content (AvgIpc) is 2.32. The second-order valence-electron chi connectivity index (χ2n) is 3.46. The Morgan fingerprint density at radius 3 is 2.35 bits per heavy atom. The Kier molecular flexibility index (Phi) is 8.46. The van der Waals surface area contributed by atoms with Crippen LogP contribution in [0.3, 0.4) is 0 Å². The monoisotopic (exact) mass is 257 g/mol. The van der Waals surface area contributed by atoms with E-state index in [0.717, 1.165) is 5.56 Å². The van der Waals surface area contributed by atoms with Gasteiger partial charge in [-0.3, -0.25) is 4.79 Å². The van der Waals surface area contributed by atoms with Crippen LogP contribution in [-0.4, -0.2) is 23.7 Å². The number of carbonyl (C=O) groups is 1. The number of benzene rings is 1. The van der Waals surface area contributed by atoms with E-state index >= 15 is 0 Å². The lowest BCUT2D eigenvalue weighted by molar-refractivity contribution is -0.120. The Balaban J connectivity index is 0.00000121. The second-order valence-corrected chi connectivity index (χ2v) is 3.89. The summed E-state index contributed by atoms with van der Waals surface area (Å²) in [7, 11) is 0. The fourth-order valence-electron chi connectivity index (χ4n) is 1.11. The van der Waals surface area contributed by atoms with Crippen molar-refractivity contribution in [1.82, 2.24) is 5.32 Å². The minimum absolute atomic E-state index is 0.0989. The van der Waals surface area contributed by atoms with Crippen LogP contribution in [0.15, 0.2) is 24.3 Å². The van der Waals surface area contributed by atoms with Crippen molar-refractivity contribution in [2.75, 3.05) is 6.54 Å². The van der Waals surface area contributed by atoms with Crippen LogP contribution in [0.2, 0.25) is 5.02 Å². The lowest BCUT2D eigenvalue weighted by Gasteiger charge is -2.06. The Bertz CT molecular complexity index is 323. The van der Waals surface area contributed by atoms with Gasteiger partial charge in [0.15, 0.2) is 0 Å². The minimum atomic E-state index is -0.515.